The van der Waals surface area contributed by atoms with Gasteiger partial charge in [-0.1, -0.05) is 35.5 Å². The Kier molecular flexibility index (Phi) is 5.37. The zero-order valence-electron chi connectivity index (χ0n) is 19.3. The number of carboxylic acids is 1. The molecule has 2 aromatic heterocycles. The second-order valence-electron chi connectivity index (χ2n) is 9.85. The highest BCUT2D eigenvalue weighted by Gasteiger charge is 2.42. The van der Waals surface area contributed by atoms with E-state index in [4.69, 9.17) is 9.26 Å². The van der Waals surface area contributed by atoms with Gasteiger partial charge in [0.1, 0.15) is 17.3 Å². The lowest BCUT2D eigenvalue weighted by molar-refractivity contribution is 0.0145. The first-order valence-electron chi connectivity index (χ1n) is 12.2. The van der Waals surface area contributed by atoms with Crippen molar-refractivity contribution in [2.75, 3.05) is 4.90 Å². The lowest BCUT2D eigenvalue weighted by Gasteiger charge is -2.39. The third-order valence-corrected chi connectivity index (χ3v) is 7.54. The molecule has 2 saturated heterocycles. The Hall–Kier alpha value is -3.19. The second kappa shape index (κ2) is 8.55. The molecule has 1 N–H and O–H groups in total. The first-order valence-corrected chi connectivity index (χ1v) is 12.2. The van der Waals surface area contributed by atoms with Crippen molar-refractivity contribution >= 4 is 11.8 Å². The molecule has 1 aromatic carbocycles. The van der Waals surface area contributed by atoms with E-state index < -0.39 is 5.97 Å². The smallest absolute Gasteiger partial charge is 0.354 e. The summed E-state index contributed by atoms with van der Waals surface area (Å²) in [6.45, 7) is 2.61. The summed E-state index contributed by atoms with van der Waals surface area (Å²) in [5, 5.41) is 13.8. The molecule has 1 aliphatic carbocycles. The van der Waals surface area contributed by atoms with Crippen LogP contribution < -0.4 is 4.90 Å². The number of aromatic carboxylic acids is 1. The monoisotopic (exact) mass is 459 g/mol. The standard InChI is InChI=1S/C27H29N3O4/c1-16-5-2-3-6-21(16)25-22(26(34-29-25)17-9-10-17)15-33-20-13-18-11-12-19(14-20)30(18)24-8-4-7-23(28-24)27(31)32/h2-8,17-20H,9-15H2,1H3,(H,31,32)/t18-,19?,20?/m0/s1. The third-order valence-electron chi connectivity index (χ3n) is 7.54. The number of hydrogen-bond acceptors (Lipinski definition) is 6. The van der Waals surface area contributed by atoms with Gasteiger partial charge >= 0.3 is 5.97 Å². The molecule has 0 spiro atoms. The van der Waals surface area contributed by atoms with E-state index >= 15 is 0 Å². The van der Waals surface area contributed by atoms with E-state index in [-0.39, 0.29) is 11.8 Å². The van der Waals surface area contributed by atoms with Crippen molar-refractivity contribution in [2.45, 2.75) is 76.2 Å². The zero-order chi connectivity index (χ0) is 23.2. The van der Waals surface area contributed by atoms with Gasteiger partial charge in [0.05, 0.1) is 12.7 Å². The van der Waals surface area contributed by atoms with Crippen molar-refractivity contribution in [3.8, 4) is 11.3 Å². The minimum Gasteiger partial charge on any atom is -0.477 e. The molecule has 2 bridgehead atoms. The van der Waals surface area contributed by atoms with Crippen LogP contribution in [0, 0.1) is 6.92 Å². The van der Waals surface area contributed by atoms with Crippen molar-refractivity contribution in [3.63, 3.8) is 0 Å². The molecule has 0 amide bonds. The molecule has 0 radical (unpaired) electrons. The van der Waals surface area contributed by atoms with Gasteiger partial charge in [-0.25, -0.2) is 9.78 Å². The number of benzene rings is 1. The number of aromatic nitrogens is 2. The predicted molar refractivity (Wildman–Crippen MR) is 127 cm³/mol. The summed E-state index contributed by atoms with van der Waals surface area (Å²) in [6, 6.07) is 14.2. The van der Waals surface area contributed by atoms with Crippen molar-refractivity contribution in [1.29, 1.82) is 0 Å². The van der Waals surface area contributed by atoms with Gasteiger partial charge in [-0.2, -0.15) is 0 Å². The van der Waals surface area contributed by atoms with Gasteiger partial charge in [0, 0.05) is 29.1 Å². The average molecular weight is 460 g/mol. The Bertz CT molecular complexity index is 1200. The minimum atomic E-state index is -0.989. The number of rotatable bonds is 7. The van der Waals surface area contributed by atoms with E-state index in [1.165, 1.54) is 5.56 Å². The fourth-order valence-electron chi connectivity index (χ4n) is 5.70. The highest BCUT2D eigenvalue weighted by molar-refractivity contribution is 5.85. The zero-order valence-corrected chi connectivity index (χ0v) is 19.3. The lowest BCUT2D eigenvalue weighted by atomic mass is 9.98. The quantitative estimate of drug-likeness (QED) is 0.510. The van der Waals surface area contributed by atoms with Gasteiger partial charge in [-0.15, -0.1) is 0 Å². The Labute approximate surface area is 198 Å². The largest absolute Gasteiger partial charge is 0.477 e. The van der Waals surface area contributed by atoms with Crippen LogP contribution in [-0.4, -0.2) is 39.4 Å². The highest BCUT2D eigenvalue weighted by Crippen LogP contribution is 2.45. The number of piperidine rings is 1. The number of fused-ring (bicyclic) bond motifs is 2. The Morgan fingerprint density at radius 1 is 1.09 bits per heavy atom. The van der Waals surface area contributed by atoms with Crippen molar-refractivity contribution in [2.24, 2.45) is 0 Å². The maximum absolute atomic E-state index is 11.4. The van der Waals surface area contributed by atoms with Crippen LogP contribution in [0.4, 0.5) is 5.82 Å². The third kappa shape index (κ3) is 3.88. The van der Waals surface area contributed by atoms with E-state index in [0.717, 1.165) is 66.9 Å². The highest BCUT2D eigenvalue weighted by atomic mass is 16.5. The first kappa shape index (κ1) is 21.4. The summed E-state index contributed by atoms with van der Waals surface area (Å²) in [5.74, 6) is 1.24. The first-order chi connectivity index (χ1) is 16.6. The second-order valence-corrected chi connectivity index (χ2v) is 9.85. The summed E-state index contributed by atoms with van der Waals surface area (Å²) >= 11 is 0. The van der Waals surface area contributed by atoms with Crippen LogP contribution in [0.1, 0.15) is 71.8 Å². The van der Waals surface area contributed by atoms with Crippen LogP contribution in [0.2, 0.25) is 0 Å². The number of carboxylic acid groups (broad SMARTS) is 1. The fourth-order valence-corrected chi connectivity index (χ4v) is 5.70. The number of pyridine rings is 1. The predicted octanol–water partition coefficient (Wildman–Crippen LogP) is 5.34. The number of nitrogens with zero attached hydrogens (tertiary/aromatic N) is 3. The van der Waals surface area contributed by atoms with Gasteiger partial charge in [0.15, 0.2) is 5.69 Å². The number of hydrogen-bond donors (Lipinski definition) is 1. The summed E-state index contributed by atoms with van der Waals surface area (Å²) in [6.07, 6.45) is 6.46. The Morgan fingerprint density at radius 2 is 1.85 bits per heavy atom. The topological polar surface area (TPSA) is 88.7 Å². The molecule has 7 heteroatoms. The van der Waals surface area contributed by atoms with Crippen LogP contribution in [0.25, 0.3) is 11.3 Å². The van der Waals surface area contributed by atoms with E-state index in [2.05, 4.69) is 34.1 Å². The van der Waals surface area contributed by atoms with Crippen molar-refractivity contribution in [3.05, 3.63) is 65.0 Å². The maximum atomic E-state index is 11.4. The normalized spacial score (nSPS) is 23.9. The number of anilines is 1. The van der Waals surface area contributed by atoms with Gasteiger partial charge in [0.25, 0.3) is 0 Å². The molecule has 2 unspecified atom stereocenters. The number of aryl methyl sites for hydroxylation is 1. The molecule has 1 saturated carbocycles. The molecular weight excluding hydrogens is 430 g/mol. The molecule has 3 atom stereocenters. The summed E-state index contributed by atoms with van der Waals surface area (Å²) in [4.78, 5) is 18.1. The molecule has 3 aliphatic rings. The molecule has 3 fully saturated rings. The number of carbonyl (C=O) groups is 1. The lowest BCUT2D eigenvalue weighted by Crippen LogP contribution is -2.46. The van der Waals surface area contributed by atoms with Crippen molar-refractivity contribution in [1.82, 2.24) is 10.1 Å². The van der Waals surface area contributed by atoms with E-state index in [1.54, 1.807) is 12.1 Å². The molecule has 7 nitrogen and oxygen atoms in total. The maximum Gasteiger partial charge on any atom is 0.354 e. The van der Waals surface area contributed by atoms with Gasteiger partial charge in [-0.05, 0) is 63.1 Å². The van der Waals surface area contributed by atoms with Gasteiger partial charge in [0.2, 0.25) is 0 Å². The van der Waals surface area contributed by atoms with E-state index in [1.807, 2.05) is 18.2 Å². The molecule has 176 valence electrons. The number of ether oxygens (including phenoxy) is 1. The Morgan fingerprint density at radius 3 is 2.56 bits per heavy atom. The Balaban J connectivity index is 1.19. The van der Waals surface area contributed by atoms with Crippen LogP contribution in [0.3, 0.4) is 0 Å². The van der Waals surface area contributed by atoms with Crippen LogP contribution in [0.5, 0.6) is 0 Å². The van der Waals surface area contributed by atoms with Gasteiger partial charge in [-0.3, -0.25) is 0 Å². The summed E-state index contributed by atoms with van der Waals surface area (Å²) in [5.41, 5.74) is 4.40. The fraction of sp³-hybridized carbons (Fsp3) is 0.444. The molecule has 4 heterocycles. The van der Waals surface area contributed by atoms with Gasteiger partial charge < -0.3 is 19.3 Å². The van der Waals surface area contributed by atoms with Crippen molar-refractivity contribution < 1.29 is 19.2 Å². The molecule has 6 rings (SSSR count). The van der Waals surface area contributed by atoms with E-state index in [0.29, 0.717) is 24.6 Å². The minimum absolute atomic E-state index is 0.0964. The summed E-state index contributed by atoms with van der Waals surface area (Å²) in [7, 11) is 0. The average Bonchev–Trinajstić information content (AvgIpc) is 3.54. The molecule has 2 aliphatic heterocycles. The van der Waals surface area contributed by atoms with Crippen LogP contribution >= 0.6 is 0 Å². The molecule has 3 aromatic rings. The summed E-state index contributed by atoms with van der Waals surface area (Å²) < 4.78 is 12.4. The SMILES string of the molecule is Cc1ccccc1-c1noc(C2CC2)c1COC1CC2CC[C@@H](C1)N2c1cccc(C(=O)O)n1. The molecular formula is C27H29N3O4. The van der Waals surface area contributed by atoms with E-state index in [9.17, 15) is 9.90 Å². The molecule has 34 heavy (non-hydrogen) atoms. The van der Waals surface area contributed by atoms with Crippen LogP contribution in [-0.2, 0) is 11.3 Å². The van der Waals surface area contributed by atoms with Crippen LogP contribution in [0.15, 0.2) is 47.0 Å².